The molecule has 20 heavy (non-hydrogen) atoms. The Balaban J connectivity index is 2.23. The third-order valence-electron chi connectivity index (χ3n) is 2.87. The van der Waals surface area contributed by atoms with Crippen molar-refractivity contribution in [1.29, 1.82) is 5.26 Å². The van der Waals surface area contributed by atoms with Crippen LogP contribution in [0.4, 0.5) is 10.1 Å². The summed E-state index contributed by atoms with van der Waals surface area (Å²) in [6.07, 6.45) is 0.715. The van der Waals surface area contributed by atoms with Crippen molar-refractivity contribution in [3.63, 3.8) is 0 Å². The highest BCUT2D eigenvalue weighted by Crippen LogP contribution is 2.16. The average Bonchev–Trinajstić information content (AvgIpc) is 2.82. The van der Waals surface area contributed by atoms with Gasteiger partial charge in [-0.2, -0.15) is 10.4 Å². The van der Waals surface area contributed by atoms with Crippen LogP contribution >= 0.6 is 0 Å². The number of halogens is 1. The summed E-state index contributed by atoms with van der Waals surface area (Å²) in [6.45, 7) is 1.93. The lowest BCUT2D eigenvalue weighted by molar-refractivity contribution is 0.101. The summed E-state index contributed by atoms with van der Waals surface area (Å²) in [6, 6.07) is 7.38. The number of carbonyl (C=O) groups is 1. The molecule has 102 valence electrons. The van der Waals surface area contributed by atoms with E-state index < -0.39 is 11.7 Å². The van der Waals surface area contributed by atoms with Crippen LogP contribution in [0.5, 0.6) is 0 Å². The molecule has 0 bridgehead atoms. The first kappa shape index (κ1) is 13.7. The number of nitriles is 1. The van der Waals surface area contributed by atoms with Crippen LogP contribution in [0, 0.1) is 17.1 Å². The van der Waals surface area contributed by atoms with Crippen LogP contribution in [0.3, 0.4) is 0 Å². The van der Waals surface area contributed by atoms with Gasteiger partial charge in [0.2, 0.25) is 0 Å². The first-order chi connectivity index (χ1) is 9.55. The maximum Gasteiger partial charge on any atom is 0.274 e. The van der Waals surface area contributed by atoms with Crippen LogP contribution < -0.4 is 5.32 Å². The zero-order valence-electron chi connectivity index (χ0n) is 11.1. The summed E-state index contributed by atoms with van der Waals surface area (Å²) >= 11 is 0. The van der Waals surface area contributed by atoms with Crippen LogP contribution in [0.25, 0.3) is 0 Å². The number of aryl methyl sites for hydroxylation is 2. The predicted molar refractivity (Wildman–Crippen MR) is 71.7 cm³/mol. The lowest BCUT2D eigenvalue weighted by Crippen LogP contribution is -2.16. The van der Waals surface area contributed by atoms with E-state index in [1.165, 1.54) is 16.8 Å². The second kappa shape index (κ2) is 5.53. The molecule has 0 saturated heterocycles. The van der Waals surface area contributed by atoms with E-state index in [0.717, 1.165) is 11.8 Å². The molecule has 2 aromatic rings. The average molecular weight is 272 g/mol. The van der Waals surface area contributed by atoms with E-state index in [1.807, 2.05) is 13.0 Å². The number of anilines is 1. The SMILES string of the molecule is CCc1cc(C(=O)Nc2ccc(C#N)cc2F)n(C)n1. The molecular weight excluding hydrogens is 259 g/mol. The molecule has 5 nitrogen and oxygen atoms in total. The number of nitrogens with one attached hydrogen (secondary N) is 1. The smallest absolute Gasteiger partial charge is 0.274 e. The fraction of sp³-hybridized carbons (Fsp3) is 0.214. The van der Waals surface area contributed by atoms with Crippen molar-refractivity contribution in [2.75, 3.05) is 5.32 Å². The third-order valence-corrected chi connectivity index (χ3v) is 2.87. The quantitative estimate of drug-likeness (QED) is 0.931. The molecule has 0 radical (unpaired) electrons. The van der Waals surface area contributed by atoms with E-state index in [9.17, 15) is 9.18 Å². The molecular formula is C14H13FN4O. The molecule has 0 aliphatic heterocycles. The van der Waals surface area contributed by atoms with Gasteiger partial charge in [0.15, 0.2) is 0 Å². The van der Waals surface area contributed by atoms with E-state index in [0.29, 0.717) is 12.1 Å². The van der Waals surface area contributed by atoms with Crippen molar-refractivity contribution in [2.24, 2.45) is 7.05 Å². The molecule has 0 aliphatic carbocycles. The minimum absolute atomic E-state index is 0.0354. The standard InChI is InChI=1S/C14H13FN4O/c1-3-10-7-13(19(2)18-10)14(20)17-12-5-4-9(8-16)6-11(12)15/h4-7H,3H2,1-2H3,(H,17,20). The van der Waals surface area contributed by atoms with Gasteiger partial charge in [0.1, 0.15) is 11.5 Å². The maximum atomic E-state index is 13.7. The second-order valence-corrected chi connectivity index (χ2v) is 4.26. The predicted octanol–water partition coefficient (Wildman–Crippen LogP) is 2.25. The van der Waals surface area contributed by atoms with Crippen LogP contribution in [0.15, 0.2) is 24.3 Å². The Labute approximate surface area is 115 Å². The molecule has 6 heteroatoms. The maximum absolute atomic E-state index is 13.7. The Kier molecular flexibility index (Phi) is 3.80. The van der Waals surface area contributed by atoms with E-state index in [2.05, 4.69) is 10.4 Å². The minimum atomic E-state index is -0.643. The van der Waals surface area contributed by atoms with Gasteiger partial charge < -0.3 is 5.32 Å². The summed E-state index contributed by atoms with van der Waals surface area (Å²) in [5.74, 6) is -1.08. The van der Waals surface area contributed by atoms with Crippen molar-refractivity contribution in [3.8, 4) is 6.07 Å². The Bertz CT molecular complexity index is 700. The van der Waals surface area contributed by atoms with E-state index in [4.69, 9.17) is 5.26 Å². The number of hydrogen-bond acceptors (Lipinski definition) is 3. The van der Waals surface area contributed by atoms with Crippen LogP contribution in [-0.4, -0.2) is 15.7 Å². The first-order valence-corrected chi connectivity index (χ1v) is 6.09. The number of hydrogen-bond donors (Lipinski definition) is 1. The van der Waals surface area contributed by atoms with Crippen molar-refractivity contribution >= 4 is 11.6 Å². The summed E-state index contributed by atoms with van der Waals surface area (Å²) < 4.78 is 15.2. The molecule has 0 aliphatic rings. The van der Waals surface area contributed by atoms with Gasteiger partial charge in [-0.3, -0.25) is 9.48 Å². The molecule has 0 unspecified atom stereocenters. The second-order valence-electron chi connectivity index (χ2n) is 4.26. The highest BCUT2D eigenvalue weighted by molar-refractivity contribution is 6.03. The van der Waals surface area contributed by atoms with Gasteiger partial charge in [-0.05, 0) is 30.7 Å². The Morgan fingerprint density at radius 2 is 2.25 bits per heavy atom. The summed E-state index contributed by atoms with van der Waals surface area (Å²) in [5.41, 5.74) is 1.38. The van der Waals surface area contributed by atoms with Gasteiger partial charge in [-0.15, -0.1) is 0 Å². The van der Waals surface area contributed by atoms with E-state index in [1.54, 1.807) is 13.1 Å². The lowest BCUT2D eigenvalue weighted by atomic mass is 10.2. The number of amides is 1. The van der Waals surface area contributed by atoms with Gasteiger partial charge in [0, 0.05) is 7.05 Å². The number of rotatable bonds is 3. The molecule has 0 saturated carbocycles. The molecule has 0 fully saturated rings. The van der Waals surface area contributed by atoms with Crippen molar-refractivity contribution in [3.05, 3.63) is 47.0 Å². The monoisotopic (exact) mass is 272 g/mol. The first-order valence-electron chi connectivity index (χ1n) is 6.09. The minimum Gasteiger partial charge on any atom is -0.318 e. The number of carbonyl (C=O) groups excluding carboxylic acids is 1. The molecule has 1 aromatic heterocycles. The Morgan fingerprint density at radius 1 is 1.50 bits per heavy atom. The highest BCUT2D eigenvalue weighted by atomic mass is 19.1. The van der Waals surface area contributed by atoms with Gasteiger partial charge in [-0.1, -0.05) is 6.92 Å². The van der Waals surface area contributed by atoms with Crippen LogP contribution in [0.1, 0.15) is 28.7 Å². The largest absolute Gasteiger partial charge is 0.318 e. The summed E-state index contributed by atoms with van der Waals surface area (Å²) in [4.78, 5) is 12.1. The molecule has 1 N–H and O–H groups in total. The molecule has 2 rings (SSSR count). The zero-order chi connectivity index (χ0) is 14.7. The van der Waals surface area contributed by atoms with Crippen molar-refractivity contribution in [1.82, 2.24) is 9.78 Å². The zero-order valence-corrected chi connectivity index (χ0v) is 11.1. The van der Waals surface area contributed by atoms with Crippen molar-refractivity contribution in [2.45, 2.75) is 13.3 Å². The van der Waals surface area contributed by atoms with Gasteiger partial charge >= 0.3 is 0 Å². The normalized spacial score (nSPS) is 10.1. The van der Waals surface area contributed by atoms with Crippen molar-refractivity contribution < 1.29 is 9.18 Å². The Hall–Kier alpha value is -2.68. The fourth-order valence-electron chi connectivity index (χ4n) is 1.78. The number of aromatic nitrogens is 2. The van der Waals surface area contributed by atoms with E-state index in [-0.39, 0.29) is 11.3 Å². The summed E-state index contributed by atoms with van der Waals surface area (Å²) in [7, 11) is 1.66. The fourth-order valence-corrected chi connectivity index (χ4v) is 1.78. The lowest BCUT2D eigenvalue weighted by Gasteiger charge is -2.06. The molecule has 0 atom stereocenters. The van der Waals surface area contributed by atoms with Gasteiger partial charge in [-0.25, -0.2) is 4.39 Å². The summed E-state index contributed by atoms with van der Waals surface area (Å²) in [5, 5.41) is 15.3. The highest BCUT2D eigenvalue weighted by Gasteiger charge is 2.14. The number of nitrogens with zero attached hydrogens (tertiary/aromatic N) is 3. The molecule has 1 heterocycles. The molecule has 0 spiro atoms. The van der Waals surface area contributed by atoms with Gasteiger partial charge in [0.05, 0.1) is 23.0 Å². The van der Waals surface area contributed by atoms with E-state index >= 15 is 0 Å². The van der Waals surface area contributed by atoms with Crippen LogP contribution in [0.2, 0.25) is 0 Å². The topological polar surface area (TPSA) is 70.7 Å². The molecule has 1 aromatic carbocycles. The Morgan fingerprint density at radius 3 is 2.80 bits per heavy atom. The number of benzene rings is 1. The molecule has 1 amide bonds. The van der Waals surface area contributed by atoms with Crippen LogP contribution in [-0.2, 0) is 13.5 Å². The third kappa shape index (κ3) is 2.67. The van der Waals surface area contributed by atoms with Gasteiger partial charge in [0.25, 0.3) is 5.91 Å².